The number of nitrogens with zero attached hydrogens (tertiary/aromatic N) is 3. The molecule has 0 aliphatic heterocycles. The molecule has 0 radical (unpaired) electrons. The van der Waals surface area contributed by atoms with E-state index in [4.69, 9.17) is 0 Å². The van der Waals surface area contributed by atoms with Crippen molar-refractivity contribution in [2.24, 2.45) is 0 Å². The highest BCUT2D eigenvalue weighted by molar-refractivity contribution is 5.29. The van der Waals surface area contributed by atoms with E-state index in [0.29, 0.717) is 18.9 Å². The Hall–Kier alpha value is -2.11. The highest BCUT2D eigenvalue weighted by Crippen LogP contribution is 1.94. The van der Waals surface area contributed by atoms with Gasteiger partial charge in [0, 0.05) is 25.1 Å². The number of rotatable bonds is 4. The molecule has 0 saturated heterocycles. The number of H-pyrrole nitrogens is 1. The molecule has 0 amide bonds. The van der Waals surface area contributed by atoms with Crippen molar-refractivity contribution in [1.82, 2.24) is 19.7 Å². The molecule has 0 aromatic carbocycles. The van der Waals surface area contributed by atoms with Gasteiger partial charge in [0.2, 0.25) is 0 Å². The van der Waals surface area contributed by atoms with Crippen LogP contribution in [0.2, 0.25) is 0 Å². The van der Waals surface area contributed by atoms with Crippen molar-refractivity contribution >= 4 is 5.82 Å². The van der Waals surface area contributed by atoms with Crippen LogP contribution in [-0.4, -0.2) is 26.3 Å². The lowest BCUT2D eigenvalue weighted by molar-refractivity contribution is 0.636. The predicted molar refractivity (Wildman–Crippen MR) is 60.3 cm³/mol. The standard InChI is InChI=1S/C10H13N5O/c1-8-6-14-15(7-8)5-4-12-9-10(16)13-3-2-11-9/h2-3,6-7H,4-5H2,1H3,(H,11,12)(H,13,16). The zero-order valence-corrected chi connectivity index (χ0v) is 8.97. The van der Waals surface area contributed by atoms with Crippen molar-refractivity contribution in [3.63, 3.8) is 0 Å². The van der Waals surface area contributed by atoms with Crippen LogP contribution in [0.5, 0.6) is 0 Å². The fraction of sp³-hybridized carbons (Fsp3) is 0.300. The van der Waals surface area contributed by atoms with Crippen LogP contribution in [0.15, 0.2) is 29.6 Å². The van der Waals surface area contributed by atoms with Crippen molar-refractivity contribution in [2.75, 3.05) is 11.9 Å². The number of anilines is 1. The Morgan fingerprint density at radius 2 is 2.44 bits per heavy atom. The molecule has 84 valence electrons. The molecule has 6 heteroatoms. The first-order valence-corrected chi connectivity index (χ1v) is 5.02. The molecule has 0 unspecified atom stereocenters. The molecule has 16 heavy (non-hydrogen) atoms. The highest BCUT2D eigenvalue weighted by Gasteiger charge is 1.98. The second-order valence-electron chi connectivity index (χ2n) is 3.47. The van der Waals surface area contributed by atoms with Crippen molar-refractivity contribution < 1.29 is 0 Å². The van der Waals surface area contributed by atoms with Gasteiger partial charge in [-0.25, -0.2) is 4.98 Å². The SMILES string of the molecule is Cc1cnn(CCNc2ncc[nH]c2=O)c1. The van der Waals surface area contributed by atoms with E-state index in [1.165, 1.54) is 6.20 Å². The fourth-order valence-corrected chi connectivity index (χ4v) is 1.36. The number of aryl methyl sites for hydroxylation is 1. The smallest absolute Gasteiger partial charge is 0.290 e. The summed E-state index contributed by atoms with van der Waals surface area (Å²) in [5.41, 5.74) is 0.912. The van der Waals surface area contributed by atoms with Gasteiger partial charge in [-0.1, -0.05) is 0 Å². The summed E-state index contributed by atoms with van der Waals surface area (Å²) in [7, 11) is 0. The Morgan fingerprint density at radius 1 is 1.56 bits per heavy atom. The minimum absolute atomic E-state index is 0.209. The van der Waals surface area contributed by atoms with Crippen molar-refractivity contribution in [3.05, 3.63) is 40.7 Å². The molecule has 0 spiro atoms. The Kier molecular flexibility index (Phi) is 3.00. The van der Waals surface area contributed by atoms with E-state index < -0.39 is 0 Å². The lowest BCUT2D eigenvalue weighted by Gasteiger charge is -2.03. The first kappa shape index (κ1) is 10.4. The van der Waals surface area contributed by atoms with Crippen molar-refractivity contribution in [1.29, 1.82) is 0 Å². The normalized spacial score (nSPS) is 10.3. The van der Waals surface area contributed by atoms with E-state index in [9.17, 15) is 4.79 Å². The maximum Gasteiger partial charge on any atom is 0.290 e. The van der Waals surface area contributed by atoms with E-state index in [0.717, 1.165) is 5.56 Å². The van der Waals surface area contributed by atoms with Gasteiger partial charge in [-0.3, -0.25) is 9.48 Å². The molecule has 2 rings (SSSR count). The van der Waals surface area contributed by atoms with Crippen molar-refractivity contribution in [2.45, 2.75) is 13.5 Å². The average Bonchev–Trinajstić information content (AvgIpc) is 2.67. The van der Waals surface area contributed by atoms with Crippen LogP contribution in [0.4, 0.5) is 5.82 Å². The van der Waals surface area contributed by atoms with Gasteiger partial charge >= 0.3 is 0 Å². The monoisotopic (exact) mass is 219 g/mol. The second-order valence-corrected chi connectivity index (χ2v) is 3.47. The van der Waals surface area contributed by atoms with Gasteiger partial charge in [-0.2, -0.15) is 5.10 Å². The highest BCUT2D eigenvalue weighted by atomic mass is 16.1. The van der Waals surface area contributed by atoms with Crippen LogP contribution in [0.25, 0.3) is 0 Å². The summed E-state index contributed by atoms with van der Waals surface area (Å²) >= 11 is 0. The van der Waals surface area contributed by atoms with E-state index in [1.54, 1.807) is 12.4 Å². The van der Waals surface area contributed by atoms with E-state index >= 15 is 0 Å². The molecule has 2 heterocycles. The Bertz CT molecular complexity index is 516. The molecule has 2 N–H and O–H groups in total. The molecule has 0 aliphatic rings. The maximum atomic E-state index is 11.3. The minimum atomic E-state index is -0.209. The molecule has 0 saturated carbocycles. The van der Waals surface area contributed by atoms with Gasteiger partial charge < -0.3 is 10.3 Å². The van der Waals surface area contributed by atoms with Crippen LogP contribution in [0.1, 0.15) is 5.56 Å². The van der Waals surface area contributed by atoms with Crippen LogP contribution < -0.4 is 10.9 Å². The third-order valence-electron chi connectivity index (χ3n) is 2.10. The molecule has 2 aromatic heterocycles. The summed E-state index contributed by atoms with van der Waals surface area (Å²) < 4.78 is 1.82. The van der Waals surface area contributed by atoms with Gasteiger partial charge in [-0.05, 0) is 12.5 Å². The molecule has 0 fully saturated rings. The van der Waals surface area contributed by atoms with Crippen LogP contribution in [-0.2, 0) is 6.54 Å². The minimum Gasteiger partial charge on any atom is -0.364 e. The van der Waals surface area contributed by atoms with E-state index in [-0.39, 0.29) is 5.56 Å². The lowest BCUT2D eigenvalue weighted by atomic mass is 10.4. The Morgan fingerprint density at radius 3 is 3.12 bits per heavy atom. The fourth-order valence-electron chi connectivity index (χ4n) is 1.36. The molecule has 6 nitrogen and oxygen atoms in total. The number of aromatic nitrogens is 4. The average molecular weight is 219 g/mol. The quantitative estimate of drug-likeness (QED) is 0.779. The zero-order valence-electron chi connectivity index (χ0n) is 8.97. The summed E-state index contributed by atoms with van der Waals surface area (Å²) in [6, 6.07) is 0. The number of aromatic amines is 1. The number of hydrogen-bond acceptors (Lipinski definition) is 4. The summed E-state index contributed by atoms with van der Waals surface area (Å²) in [6.45, 7) is 3.30. The third kappa shape index (κ3) is 2.47. The first-order chi connectivity index (χ1) is 7.75. The second kappa shape index (κ2) is 4.61. The third-order valence-corrected chi connectivity index (χ3v) is 2.10. The van der Waals surface area contributed by atoms with Gasteiger partial charge in [0.25, 0.3) is 5.56 Å². The predicted octanol–water partition coefficient (Wildman–Crippen LogP) is 0.387. The summed E-state index contributed by atoms with van der Waals surface area (Å²) in [5, 5.41) is 7.09. The topological polar surface area (TPSA) is 75.6 Å². The number of nitrogens with one attached hydrogen (secondary N) is 2. The molecular formula is C10H13N5O. The Labute approximate surface area is 92.3 Å². The van der Waals surface area contributed by atoms with Crippen LogP contribution in [0, 0.1) is 6.92 Å². The van der Waals surface area contributed by atoms with Crippen LogP contribution >= 0.6 is 0 Å². The molecule has 0 aliphatic carbocycles. The number of hydrogen-bond donors (Lipinski definition) is 2. The first-order valence-electron chi connectivity index (χ1n) is 5.02. The maximum absolute atomic E-state index is 11.3. The van der Waals surface area contributed by atoms with Crippen molar-refractivity contribution in [3.8, 4) is 0 Å². The van der Waals surface area contributed by atoms with Gasteiger partial charge in [-0.15, -0.1) is 0 Å². The van der Waals surface area contributed by atoms with Crippen LogP contribution in [0.3, 0.4) is 0 Å². The molecule has 0 bridgehead atoms. The lowest BCUT2D eigenvalue weighted by Crippen LogP contribution is -2.18. The van der Waals surface area contributed by atoms with Gasteiger partial charge in [0.05, 0.1) is 12.7 Å². The molecular weight excluding hydrogens is 206 g/mol. The molecule has 2 aromatic rings. The largest absolute Gasteiger partial charge is 0.364 e. The zero-order chi connectivity index (χ0) is 11.4. The summed E-state index contributed by atoms with van der Waals surface area (Å²) in [5.74, 6) is 0.339. The summed E-state index contributed by atoms with van der Waals surface area (Å²) in [6.07, 6.45) is 6.80. The van der Waals surface area contributed by atoms with E-state index in [1.807, 2.05) is 17.8 Å². The Balaban J connectivity index is 1.89. The van der Waals surface area contributed by atoms with Gasteiger partial charge in [0.15, 0.2) is 5.82 Å². The van der Waals surface area contributed by atoms with Gasteiger partial charge in [0.1, 0.15) is 0 Å². The molecule has 0 atom stereocenters. The van der Waals surface area contributed by atoms with E-state index in [2.05, 4.69) is 20.4 Å². The summed E-state index contributed by atoms with van der Waals surface area (Å²) in [4.78, 5) is 17.7.